The molecule has 1 N–H and O–H groups in total. The summed E-state index contributed by atoms with van der Waals surface area (Å²) in [7, 11) is 3.22. The zero-order valence-electron chi connectivity index (χ0n) is 17.6. The van der Waals surface area contributed by atoms with Crippen molar-refractivity contribution in [3.8, 4) is 11.5 Å². The van der Waals surface area contributed by atoms with Crippen molar-refractivity contribution in [1.29, 1.82) is 0 Å². The van der Waals surface area contributed by atoms with Crippen molar-refractivity contribution in [1.82, 2.24) is 10.2 Å². The number of nitrogens with one attached hydrogen (secondary N) is 1. The van der Waals surface area contributed by atoms with Gasteiger partial charge in [0.15, 0.2) is 11.5 Å². The second-order valence-electron chi connectivity index (χ2n) is 7.00. The normalized spacial score (nSPS) is 15.6. The number of morpholine rings is 1. The predicted octanol–water partition coefficient (Wildman–Crippen LogP) is 4.21. The van der Waals surface area contributed by atoms with E-state index in [0.29, 0.717) is 46.9 Å². The minimum atomic E-state index is -0.213. The van der Waals surface area contributed by atoms with Crippen LogP contribution in [0.4, 0.5) is 0 Å². The Bertz CT molecular complexity index is 930. The number of hydrogen-bond acceptors (Lipinski definition) is 5. The Morgan fingerprint density at radius 2 is 1.90 bits per heavy atom. The van der Waals surface area contributed by atoms with Gasteiger partial charge in [0.25, 0.3) is 0 Å². The number of methoxy groups -OCH3 is 2. The Kier molecular flexibility index (Phi) is 8.60. The fourth-order valence-corrected chi connectivity index (χ4v) is 3.85. The molecule has 1 aliphatic rings. The molecule has 0 saturated carbocycles. The van der Waals surface area contributed by atoms with E-state index in [0.717, 1.165) is 18.7 Å². The lowest BCUT2D eigenvalue weighted by atomic mass is 10.0. The van der Waals surface area contributed by atoms with Crippen LogP contribution in [0.2, 0.25) is 10.0 Å². The highest BCUT2D eigenvalue weighted by atomic mass is 35.5. The van der Waals surface area contributed by atoms with Crippen molar-refractivity contribution in [2.45, 2.75) is 6.04 Å². The smallest absolute Gasteiger partial charge is 0.244 e. The first kappa shape index (κ1) is 23.4. The monoisotopic (exact) mass is 464 g/mol. The van der Waals surface area contributed by atoms with E-state index in [1.807, 2.05) is 18.2 Å². The minimum absolute atomic E-state index is 0.0317. The van der Waals surface area contributed by atoms with E-state index in [1.165, 1.54) is 6.08 Å². The van der Waals surface area contributed by atoms with Crippen LogP contribution in [0.1, 0.15) is 17.2 Å². The summed E-state index contributed by atoms with van der Waals surface area (Å²) < 4.78 is 16.3. The highest BCUT2D eigenvalue weighted by Gasteiger charge is 2.24. The van der Waals surface area contributed by atoms with E-state index in [9.17, 15) is 4.79 Å². The van der Waals surface area contributed by atoms with Gasteiger partial charge < -0.3 is 19.5 Å². The number of amides is 1. The van der Waals surface area contributed by atoms with Gasteiger partial charge in [0.1, 0.15) is 0 Å². The molecular formula is C23H26Cl2N2O4. The summed E-state index contributed by atoms with van der Waals surface area (Å²) in [6, 6.07) is 11.1. The van der Waals surface area contributed by atoms with E-state index < -0.39 is 0 Å². The molecule has 1 heterocycles. The third kappa shape index (κ3) is 6.14. The Morgan fingerprint density at radius 1 is 1.16 bits per heavy atom. The lowest BCUT2D eigenvalue weighted by Crippen LogP contribution is -2.43. The average Bonchev–Trinajstić information content (AvgIpc) is 2.80. The van der Waals surface area contributed by atoms with Crippen LogP contribution in [0.3, 0.4) is 0 Å². The molecule has 0 spiro atoms. The lowest BCUT2D eigenvalue weighted by molar-refractivity contribution is -0.116. The molecule has 0 aromatic heterocycles. The second-order valence-corrected chi connectivity index (χ2v) is 7.79. The molecule has 1 atom stereocenters. The third-order valence-electron chi connectivity index (χ3n) is 5.14. The molecule has 0 radical (unpaired) electrons. The van der Waals surface area contributed by atoms with Crippen LogP contribution in [-0.2, 0) is 9.53 Å². The van der Waals surface area contributed by atoms with Gasteiger partial charge in [-0.3, -0.25) is 9.69 Å². The molecule has 1 aliphatic heterocycles. The quantitative estimate of drug-likeness (QED) is 0.592. The van der Waals surface area contributed by atoms with E-state index in [4.69, 9.17) is 37.4 Å². The van der Waals surface area contributed by atoms with Gasteiger partial charge in [0.2, 0.25) is 5.91 Å². The molecule has 2 aromatic rings. The standard InChI is InChI=1S/C23H26Cl2N2O4/c1-29-20-8-6-17(14-21(20)30-2)19(27-10-12-31-13-11-27)15-26-22(28)9-7-16-4-3-5-18(24)23(16)25/h3-9,14,19H,10-13,15H2,1-2H3,(H,26,28)/b9-7+. The first-order chi connectivity index (χ1) is 15.0. The van der Waals surface area contributed by atoms with Crippen molar-refractivity contribution in [2.75, 3.05) is 47.1 Å². The van der Waals surface area contributed by atoms with Gasteiger partial charge in [0.05, 0.1) is 43.5 Å². The maximum Gasteiger partial charge on any atom is 0.244 e. The van der Waals surface area contributed by atoms with E-state index in [2.05, 4.69) is 10.2 Å². The summed E-state index contributed by atoms with van der Waals surface area (Å²) in [5.41, 5.74) is 1.72. The number of hydrogen-bond donors (Lipinski definition) is 1. The number of carbonyl (C=O) groups excluding carboxylic acids is 1. The SMILES string of the molecule is COc1ccc(C(CNC(=O)/C=C/c2cccc(Cl)c2Cl)N2CCOCC2)cc1OC. The molecule has 1 unspecified atom stereocenters. The highest BCUT2D eigenvalue weighted by Crippen LogP contribution is 2.32. The number of ether oxygens (including phenoxy) is 3. The summed E-state index contributed by atoms with van der Waals surface area (Å²) in [6.45, 7) is 3.31. The van der Waals surface area contributed by atoms with Gasteiger partial charge in [-0.15, -0.1) is 0 Å². The third-order valence-corrected chi connectivity index (χ3v) is 5.98. The average molecular weight is 465 g/mol. The van der Waals surface area contributed by atoms with Crippen LogP contribution in [0.5, 0.6) is 11.5 Å². The zero-order chi connectivity index (χ0) is 22.2. The molecule has 1 saturated heterocycles. The molecule has 0 aliphatic carbocycles. The van der Waals surface area contributed by atoms with Crippen LogP contribution in [0, 0.1) is 0 Å². The number of halogens is 2. The van der Waals surface area contributed by atoms with E-state index in [-0.39, 0.29) is 11.9 Å². The van der Waals surface area contributed by atoms with Crippen molar-refractivity contribution < 1.29 is 19.0 Å². The van der Waals surface area contributed by atoms with Gasteiger partial charge in [-0.25, -0.2) is 0 Å². The topological polar surface area (TPSA) is 60.0 Å². The molecule has 0 bridgehead atoms. The van der Waals surface area contributed by atoms with Gasteiger partial charge in [-0.2, -0.15) is 0 Å². The Balaban J connectivity index is 1.74. The Hall–Kier alpha value is -2.25. The molecule has 8 heteroatoms. The minimum Gasteiger partial charge on any atom is -0.493 e. The number of carbonyl (C=O) groups is 1. The maximum absolute atomic E-state index is 12.5. The van der Waals surface area contributed by atoms with E-state index >= 15 is 0 Å². The van der Waals surface area contributed by atoms with Crippen molar-refractivity contribution >= 4 is 35.2 Å². The highest BCUT2D eigenvalue weighted by molar-refractivity contribution is 6.42. The first-order valence-corrected chi connectivity index (χ1v) is 10.7. The second kappa shape index (κ2) is 11.4. The number of rotatable bonds is 8. The molecule has 166 valence electrons. The molecule has 6 nitrogen and oxygen atoms in total. The number of benzene rings is 2. The molecule has 31 heavy (non-hydrogen) atoms. The van der Waals surface area contributed by atoms with Gasteiger partial charge in [-0.05, 0) is 35.4 Å². The number of nitrogens with zero attached hydrogens (tertiary/aromatic N) is 1. The van der Waals surface area contributed by atoms with Crippen LogP contribution in [0.15, 0.2) is 42.5 Å². The fraction of sp³-hybridized carbons (Fsp3) is 0.348. The summed E-state index contributed by atoms with van der Waals surface area (Å²) in [6.07, 6.45) is 3.12. The van der Waals surface area contributed by atoms with Gasteiger partial charge >= 0.3 is 0 Å². The first-order valence-electron chi connectivity index (χ1n) is 9.97. The van der Waals surface area contributed by atoms with Gasteiger partial charge in [-0.1, -0.05) is 41.4 Å². The predicted molar refractivity (Wildman–Crippen MR) is 123 cm³/mol. The zero-order valence-corrected chi connectivity index (χ0v) is 19.1. The molecule has 2 aromatic carbocycles. The summed E-state index contributed by atoms with van der Waals surface area (Å²) in [5.74, 6) is 1.10. The Morgan fingerprint density at radius 3 is 2.61 bits per heavy atom. The molecular weight excluding hydrogens is 439 g/mol. The summed E-state index contributed by atoms with van der Waals surface area (Å²) in [5, 5.41) is 3.86. The van der Waals surface area contributed by atoms with Crippen molar-refractivity contribution in [3.63, 3.8) is 0 Å². The Labute approximate surface area is 192 Å². The van der Waals surface area contributed by atoms with Crippen molar-refractivity contribution in [2.24, 2.45) is 0 Å². The summed E-state index contributed by atoms with van der Waals surface area (Å²) >= 11 is 12.2. The fourth-order valence-electron chi connectivity index (χ4n) is 3.48. The van der Waals surface area contributed by atoms with Crippen molar-refractivity contribution in [3.05, 3.63) is 63.6 Å². The van der Waals surface area contributed by atoms with Crippen LogP contribution in [0.25, 0.3) is 6.08 Å². The molecule has 3 rings (SSSR count). The van der Waals surface area contributed by atoms with E-state index in [1.54, 1.807) is 38.5 Å². The summed E-state index contributed by atoms with van der Waals surface area (Å²) in [4.78, 5) is 14.8. The van der Waals surface area contributed by atoms with Crippen LogP contribution < -0.4 is 14.8 Å². The lowest BCUT2D eigenvalue weighted by Gasteiger charge is -2.35. The maximum atomic E-state index is 12.5. The van der Waals surface area contributed by atoms with Crippen LogP contribution in [-0.4, -0.2) is 57.9 Å². The molecule has 1 fully saturated rings. The van der Waals surface area contributed by atoms with Crippen LogP contribution >= 0.6 is 23.2 Å². The van der Waals surface area contributed by atoms with Gasteiger partial charge in [0, 0.05) is 25.7 Å². The molecule has 1 amide bonds. The largest absolute Gasteiger partial charge is 0.493 e.